The zero-order chi connectivity index (χ0) is 17.8. The lowest BCUT2D eigenvalue weighted by Gasteiger charge is -2.34. The summed E-state index contributed by atoms with van der Waals surface area (Å²) in [6, 6.07) is 16.6. The van der Waals surface area contributed by atoms with Crippen molar-refractivity contribution in [3.63, 3.8) is 0 Å². The van der Waals surface area contributed by atoms with Crippen molar-refractivity contribution in [2.75, 3.05) is 13.2 Å². The Kier molecular flexibility index (Phi) is 5.22. The molecule has 0 aromatic heterocycles. The second-order valence-corrected chi connectivity index (χ2v) is 6.95. The Balaban J connectivity index is 1.96. The topological polar surface area (TPSA) is 29.5 Å². The molecule has 1 heterocycles. The summed E-state index contributed by atoms with van der Waals surface area (Å²) in [5, 5.41) is 0. The normalized spacial score (nSPS) is 16.4. The molecule has 1 amide bonds. The van der Waals surface area contributed by atoms with Gasteiger partial charge < -0.3 is 9.64 Å². The van der Waals surface area contributed by atoms with Crippen LogP contribution < -0.4 is 4.74 Å². The molecule has 0 saturated carbocycles. The van der Waals surface area contributed by atoms with Gasteiger partial charge in [0.1, 0.15) is 5.75 Å². The zero-order valence-electron chi connectivity index (χ0n) is 14.9. The predicted molar refractivity (Wildman–Crippen MR) is 101 cm³/mol. The number of rotatable bonds is 5. The van der Waals surface area contributed by atoms with Crippen molar-refractivity contribution in [2.45, 2.75) is 26.3 Å². The van der Waals surface area contributed by atoms with Crippen molar-refractivity contribution >= 4 is 5.91 Å². The number of carbonyl (C=O) groups is 1. The first kappa shape index (κ1) is 17.3. The summed E-state index contributed by atoms with van der Waals surface area (Å²) >= 11 is 0. The lowest BCUT2D eigenvalue weighted by molar-refractivity contribution is -0.127. The van der Waals surface area contributed by atoms with E-state index in [0.717, 1.165) is 11.3 Å². The third kappa shape index (κ3) is 3.93. The van der Waals surface area contributed by atoms with Crippen molar-refractivity contribution in [3.8, 4) is 5.75 Å². The SMILES string of the molecule is C=CC(=O)N1Cc2cc(OCC(C)C)ccc2C(c2ccccc2)C1. The lowest BCUT2D eigenvalue weighted by Crippen LogP contribution is -2.37. The average molecular weight is 335 g/mol. The maximum atomic E-state index is 12.2. The van der Waals surface area contributed by atoms with E-state index in [4.69, 9.17) is 4.74 Å². The molecule has 2 aromatic carbocycles. The first-order chi connectivity index (χ1) is 12.1. The number of hydrogen-bond acceptors (Lipinski definition) is 2. The summed E-state index contributed by atoms with van der Waals surface area (Å²) in [7, 11) is 0. The van der Waals surface area contributed by atoms with Crippen molar-refractivity contribution in [1.29, 1.82) is 0 Å². The van der Waals surface area contributed by atoms with Gasteiger partial charge in [0.05, 0.1) is 6.61 Å². The Morgan fingerprint density at radius 1 is 1.28 bits per heavy atom. The Morgan fingerprint density at radius 2 is 2.04 bits per heavy atom. The van der Waals surface area contributed by atoms with Crippen LogP contribution in [0, 0.1) is 5.92 Å². The van der Waals surface area contributed by atoms with E-state index in [-0.39, 0.29) is 11.8 Å². The molecule has 1 aliphatic rings. The summed E-state index contributed by atoms with van der Waals surface area (Å²) in [5.41, 5.74) is 3.65. The van der Waals surface area contributed by atoms with Gasteiger partial charge in [-0.25, -0.2) is 0 Å². The maximum Gasteiger partial charge on any atom is 0.246 e. The maximum absolute atomic E-state index is 12.2. The van der Waals surface area contributed by atoms with Crippen molar-refractivity contribution in [1.82, 2.24) is 4.90 Å². The first-order valence-electron chi connectivity index (χ1n) is 8.80. The standard InChI is InChI=1S/C22H25NO2/c1-4-22(24)23-13-18-12-19(25-15-16(2)3)10-11-20(18)21(14-23)17-8-6-5-7-9-17/h4-12,16,21H,1,13-15H2,2-3H3. The quantitative estimate of drug-likeness (QED) is 0.759. The van der Waals surface area contributed by atoms with Gasteiger partial charge in [0.2, 0.25) is 5.91 Å². The van der Waals surface area contributed by atoms with Crippen LogP contribution in [0.4, 0.5) is 0 Å². The fourth-order valence-electron chi connectivity index (χ4n) is 3.27. The molecule has 1 aliphatic heterocycles. The molecule has 0 spiro atoms. The molecule has 3 heteroatoms. The number of benzene rings is 2. The van der Waals surface area contributed by atoms with Gasteiger partial charge in [-0.05, 0) is 40.8 Å². The molecule has 0 bridgehead atoms. The van der Waals surface area contributed by atoms with Crippen molar-refractivity contribution < 1.29 is 9.53 Å². The number of ether oxygens (including phenoxy) is 1. The minimum atomic E-state index is -0.0277. The number of hydrogen-bond donors (Lipinski definition) is 0. The second-order valence-electron chi connectivity index (χ2n) is 6.95. The number of fused-ring (bicyclic) bond motifs is 1. The molecule has 3 rings (SSSR count). The van der Waals surface area contributed by atoms with Gasteiger partial charge in [0.15, 0.2) is 0 Å². The molecule has 1 unspecified atom stereocenters. The Labute approximate surface area is 149 Å². The molecule has 3 nitrogen and oxygen atoms in total. The molecule has 0 fully saturated rings. The van der Waals surface area contributed by atoms with Gasteiger partial charge in [-0.15, -0.1) is 0 Å². The molecule has 0 radical (unpaired) electrons. The highest BCUT2D eigenvalue weighted by Gasteiger charge is 2.28. The van der Waals surface area contributed by atoms with Crippen molar-refractivity contribution in [2.24, 2.45) is 5.92 Å². The van der Waals surface area contributed by atoms with Crippen LogP contribution in [0.1, 0.15) is 36.5 Å². The van der Waals surface area contributed by atoms with E-state index in [9.17, 15) is 4.79 Å². The van der Waals surface area contributed by atoms with E-state index in [2.05, 4.69) is 44.7 Å². The molecule has 0 aliphatic carbocycles. The largest absolute Gasteiger partial charge is 0.493 e. The van der Waals surface area contributed by atoms with Crippen LogP contribution in [0.5, 0.6) is 5.75 Å². The van der Waals surface area contributed by atoms with E-state index in [1.54, 1.807) is 0 Å². The van der Waals surface area contributed by atoms with E-state index in [1.807, 2.05) is 29.2 Å². The van der Waals surface area contributed by atoms with E-state index >= 15 is 0 Å². The molecular formula is C22H25NO2. The minimum Gasteiger partial charge on any atom is -0.493 e. The van der Waals surface area contributed by atoms with Gasteiger partial charge in [-0.2, -0.15) is 0 Å². The molecule has 2 aromatic rings. The van der Waals surface area contributed by atoms with E-state index < -0.39 is 0 Å². The molecule has 0 saturated heterocycles. The summed E-state index contributed by atoms with van der Waals surface area (Å²) < 4.78 is 5.87. The number of amides is 1. The number of carbonyl (C=O) groups excluding carboxylic acids is 1. The highest BCUT2D eigenvalue weighted by Crippen LogP contribution is 2.35. The van der Waals surface area contributed by atoms with Gasteiger partial charge in [-0.1, -0.05) is 56.8 Å². The van der Waals surface area contributed by atoms with Crippen molar-refractivity contribution in [3.05, 3.63) is 77.9 Å². The van der Waals surface area contributed by atoms with Gasteiger partial charge in [0.25, 0.3) is 0 Å². The smallest absolute Gasteiger partial charge is 0.246 e. The summed E-state index contributed by atoms with van der Waals surface area (Å²) in [6.45, 7) is 9.87. The second kappa shape index (κ2) is 7.56. The van der Waals surface area contributed by atoms with Gasteiger partial charge in [0, 0.05) is 19.0 Å². The fourth-order valence-corrected chi connectivity index (χ4v) is 3.27. The summed E-state index contributed by atoms with van der Waals surface area (Å²) in [6.07, 6.45) is 1.40. The van der Waals surface area contributed by atoms with E-state index in [0.29, 0.717) is 25.6 Å². The van der Waals surface area contributed by atoms with Crippen LogP contribution >= 0.6 is 0 Å². The Hall–Kier alpha value is -2.55. The summed E-state index contributed by atoms with van der Waals surface area (Å²) in [5.74, 6) is 1.49. The molecule has 0 N–H and O–H groups in total. The molecular weight excluding hydrogens is 310 g/mol. The highest BCUT2D eigenvalue weighted by molar-refractivity contribution is 5.87. The Morgan fingerprint density at radius 3 is 2.72 bits per heavy atom. The average Bonchev–Trinajstić information content (AvgIpc) is 2.65. The van der Waals surface area contributed by atoms with Gasteiger partial charge >= 0.3 is 0 Å². The molecule has 130 valence electrons. The summed E-state index contributed by atoms with van der Waals surface area (Å²) in [4.78, 5) is 14.1. The van der Waals surface area contributed by atoms with Crippen LogP contribution in [0.15, 0.2) is 61.2 Å². The highest BCUT2D eigenvalue weighted by atomic mass is 16.5. The first-order valence-corrected chi connectivity index (χ1v) is 8.80. The fraction of sp³-hybridized carbons (Fsp3) is 0.318. The minimum absolute atomic E-state index is 0.0277. The lowest BCUT2D eigenvalue weighted by atomic mass is 9.84. The van der Waals surface area contributed by atoms with E-state index in [1.165, 1.54) is 17.2 Å². The molecule has 25 heavy (non-hydrogen) atoms. The zero-order valence-corrected chi connectivity index (χ0v) is 14.9. The predicted octanol–water partition coefficient (Wildman–Crippen LogP) is 4.38. The van der Waals surface area contributed by atoms with Crippen LogP contribution in [-0.4, -0.2) is 24.0 Å². The van der Waals surface area contributed by atoms with Gasteiger partial charge in [-0.3, -0.25) is 4.79 Å². The number of nitrogens with zero attached hydrogens (tertiary/aromatic N) is 1. The molecule has 1 atom stereocenters. The van der Waals surface area contributed by atoms with Crippen LogP contribution in [0.25, 0.3) is 0 Å². The van der Waals surface area contributed by atoms with Crippen LogP contribution in [0.2, 0.25) is 0 Å². The third-order valence-corrected chi connectivity index (χ3v) is 4.53. The van der Waals surface area contributed by atoms with Crippen LogP contribution in [-0.2, 0) is 11.3 Å². The Bertz CT molecular complexity index is 752. The third-order valence-electron chi connectivity index (χ3n) is 4.53. The monoisotopic (exact) mass is 335 g/mol. The van der Waals surface area contributed by atoms with Crippen LogP contribution in [0.3, 0.4) is 0 Å².